The van der Waals surface area contributed by atoms with Crippen molar-refractivity contribution in [2.24, 2.45) is 11.5 Å². The molecule has 2 amide bonds. The Morgan fingerprint density at radius 1 is 1.21 bits per heavy atom. The number of nitrogens with two attached hydrogens (primary N) is 2. The summed E-state index contributed by atoms with van der Waals surface area (Å²) in [5.41, 5.74) is 12.8. The number of amides is 2. The summed E-state index contributed by atoms with van der Waals surface area (Å²) in [4.78, 5) is 25.0. The number of primary amides is 1. The van der Waals surface area contributed by atoms with E-state index >= 15 is 0 Å². The van der Waals surface area contributed by atoms with Crippen molar-refractivity contribution in [1.82, 2.24) is 4.90 Å². The van der Waals surface area contributed by atoms with Crippen molar-refractivity contribution in [3.05, 3.63) is 35.4 Å². The van der Waals surface area contributed by atoms with Gasteiger partial charge in [-0.2, -0.15) is 0 Å². The van der Waals surface area contributed by atoms with Crippen molar-refractivity contribution >= 4 is 11.8 Å². The second-order valence-electron chi connectivity index (χ2n) is 4.84. The number of nitrogens with zero attached hydrogens (tertiary/aromatic N) is 1. The maximum Gasteiger partial charge on any atom is 0.240 e. The number of likely N-dealkylation sites (tertiary alicyclic amines) is 1. The molecule has 0 radical (unpaired) electrons. The minimum absolute atomic E-state index is 0.0400. The van der Waals surface area contributed by atoms with Crippen LogP contribution < -0.4 is 11.5 Å². The Labute approximate surface area is 112 Å². The van der Waals surface area contributed by atoms with E-state index in [1.807, 2.05) is 24.3 Å². The van der Waals surface area contributed by atoms with E-state index in [1.165, 1.54) is 0 Å². The van der Waals surface area contributed by atoms with Crippen LogP contribution in [-0.4, -0.2) is 29.3 Å². The van der Waals surface area contributed by atoms with Gasteiger partial charge in [-0.1, -0.05) is 24.3 Å². The van der Waals surface area contributed by atoms with Crippen LogP contribution in [0.15, 0.2) is 24.3 Å². The smallest absolute Gasteiger partial charge is 0.240 e. The summed E-state index contributed by atoms with van der Waals surface area (Å²) < 4.78 is 0. The van der Waals surface area contributed by atoms with Gasteiger partial charge in [0.2, 0.25) is 11.8 Å². The van der Waals surface area contributed by atoms with Crippen LogP contribution in [0.2, 0.25) is 0 Å². The zero-order valence-corrected chi connectivity index (χ0v) is 10.8. The molecule has 1 saturated heterocycles. The fourth-order valence-electron chi connectivity index (χ4n) is 2.43. The molecule has 1 aromatic rings. The molecule has 5 nitrogen and oxygen atoms in total. The first kappa shape index (κ1) is 13.5. The van der Waals surface area contributed by atoms with Gasteiger partial charge in [0, 0.05) is 13.1 Å². The van der Waals surface area contributed by atoms with E-state index in [0.717, 1.165) is 17.5 Å². The first-order valence-corrected chi connectivity index (χ1v) is 6.48. The van der Waals surface area contributed by atoms with Crippen LogP contribution in [0.25, 0.3) is 0 Å². The van der Waals surface area contributed by atoms with Crippen LogP contribution in [0, 0.1) is 0 Å². The molecule has 1 aliphatic rings. The van der Waals surface area contributed by atoms with Crippen LogP contribution >= 0.6 is 0 Å². The van der Waals surface area contributed by atoms with E-state index in [9.17, 15) is 9.59 Å². The first-order chi connectivity index (χ1) is 9.11. The maximum absolute atomic E-state index is 12.2. The third-order valence-corrected chi connectivity index (χ3v) is 3.52. The SMILES string of the molecule is NCc1ccc(CC(=O)N2CCCC2C(N)=O)cc1. The zero-order chi connectivity index (χ0) is 13.8. The molecular weight excluding hydrogens is 242 g/mol. The lowest BCUT2D eigenvalue weighted by Crippen LogP contribution is -2.44. The summed E-state index contributed by atoms with van der Waals surface area (Å²) in [6, 6.07) is 7.19. The number of hydrogen-bond acceptors (Lipinski definition) is 3. The van der Waals surface area contributed by atoms with Gasteiger partial charge in [-0.3, -0.25) is 9.59 Å². The summed E-state index contributed by atoms with van der Waals surface area (Å²) >= 11 is 0. The predicted molar refractivity (Wildman–Crippen MR) is 72.0 cm³/mol. The molecule has 2 rings (SSSR count). The van der Waals surface area contributed by atoms with Crippen molar-refractivity contribution in [2.45, 2.75) is 31.8 Å². The van der Waals surface area contributed by atoms with Crippen molar-refractivity contribution in [1.29, 1.82) is 0 Å². The number of carbonyl (C=O) groups is 2. The highest BCUT2D eigenvalue weighted by molar-refractivity contribution is 5.88. The van der Waals surface area contributed by atoms with Crippen LogP contribution in [0.3, 0.4) is 0 Å². The molecule has 1 fully saturated rings. The highest BCUT2D eigenvalue weighted by Crippen LogP contribution is 2.18. The molecule has 4 N–H and O–H groups in total. The minimum atomic E-state index is -0.434. The molecule has 1 aromatic carbocycles. The molecule has 0 aliphatic carbocycles. The monoisotopic (exact) mass is 261 g/mol. The van der Waals surface area contributed by atoms with Crippen molar-refractivity contribution in [2.75, 3.05) is 6.54 Å². The van der Waals surface area contributed by atoms with E-state index in [1.54, 1.807) is 4.90 Å². The van der Waals surface area contributed by atoms with Crippen molar-refractivity contribution in [3.8, 4) is 0 Å². The van der Waals surface area contributed by atoms with Gasteiger partial charge in [0.05, 0.1) is 6.42 Å². The Morgan fingerprint density at radius 3 is 2.42 bits per heavy atom. The Hall–Kier alpha value is -1.88. The molecule has 0 bridgehead atoms. The van der Waals surface area contributed by atoms with Gasteiger partial charge in [0.25, 0.3) is 0 Å². The molecule has 19 heavy (non-hydrogen) atoms. The van der Waals surface area contributed by atoms with E-state index in [-0.39, 0.29) is 5.91 Å². The molecule has 5 heteroatoms. The third kappa shape index (κ3) is 3.12. The second-order valence-corrected chi connectivity index (χ2v) is 4.84. The second kappa shape index (κ2) is 5.84. The van der Waals surface area contributed by atoms with Gasteiger partial charge < -0.3 is 16.4 Å². The average molecular weight is 261 g/mol. The van der Waals surface area contributed by atoms with Gasteiger partial charge in [-0.15, -0.1) is 0 Å². The summed E-state index contributed by atoms with van der Waals surface area (Å²) in [7, 11) is 0. The highest BCUT2D eigenvalue weighted by Gasteiger charge is 2.32. The minimum Gasteiger partial charge on any atom is -0.368 e. The van der Waals surface area contributed by atoms with E-state index < -0.39 is 11.9 Å². The zero-order valence-electron chi connectivity index (χ0n) is 10.8. The topological polar surface area (TPSA) is 89.4 Å². The fourth-order valence-corrected chi connectivity index (χ4v) is 2.43. The molecule has 0 spiro atoms. The van der Waals surface area contributed by atoms with Crippen molar-refractivity contribution in [3.63, 3.8) is 0 Å². The molecule has 0 aromatic heterocycles. The lowest BCUT2D eigenvalue weighted by molar-refractivity contribution is -0.136. The molecule has 0 saturated carbocycles. The number of hydrogen-bond donors (Lipinski definition) is 2. The number of benzene rings is 1. The predicted octanol–water partition coefficient (Wildman–Crippen LogP) is 0.164. The lowest BCUT2D eigenvalue weighted by Gasteiger charge is -2.22. The normalized spacial score (nSPS) is 18.6. The Balaban J connectivity index is 2.01. The van der Waals surface area contributed by atoms with Gasteiger partial charge in [0.1, 0.15) is 6.04 Å². The largest absolute Gasteiger partial charge is 0.368 e. The quantitative estimate of drug-likeness (QED) is 0.809. The highest BCUT2D eigenvalue weighted by atomic mass is 16.2. The van der Waals surface area contributed by atoms with Gasteiger partial charge in [-0.05, 0) is 24.0 Å². The van der Waals surface area contributed by atoms with Crippen molar-refractivity contribution < 1.29 is 9.59 Å². The van der Waals surface area contributed by atoms with Gasteiger partial charge in [0.15, 0.2) is 0 Å². The van der Waals surface area contributed by atoms with E-state index in [2.05, 4.69) is 0 Å². The Kier molecular flexibility index (Phi) is 4.16. The Morgan fingerprint density at radius 2 is 1.84 bits per heavy atom. The summed E-state index contributed by atoms with van der Waals surface area (Å²) in [6.45, 7) is 1.11. The van der Waals surface area contributed by atoms with Gasteiger partial charge >= 0.3 is 0 Å². The molecule has 1 aliphatic heterocycles. The average Bonchev–Trinajstić information content (AvgIpc) is 2.89. The van der Waals surface area contributed by atoms with Crippen LogP contribution in [0.1, 0.15) is 24.0 Å². The molecule has 1 atom stereocenters. The van der Waals surface area contributed by atoms with Crippen LogP contribution in [0.4, 0.5) is 0 Å². The molecule has 102 valence electrons. The van der Waals surface area contributed by atoms with Crippen LogP contribution in [0.5, 0.6) is 0 Å². The number of carbonyl (C=O) groups excluding carboxylic acids is 2. The summed E-state index contributed by atoms with van der Waals surface area (Å²) in [6.07, 6.45) is 1.81. The summed E-state index contributed by atoms with van der Waals surface area (Å²) in [5.74, 6) is -0.453. The van der Waals surface area contributed by atoms with E-state index in [4.69, 9.17) is 11.5 Å². The molecular formula is C14H19N3O2. The van der Waals surface area contributed by atoms with Crippen LogP contribution in [-0.2, 0) is 22.6 Å². The molecule has 1 unspecified atom stereocenters. The maximum atomic E-state index is 12.2. The lowest BCUT2D eigenvalue weighted by atomic mass is 10.1. The summed E-state index contributed by atoms with van der Waals surface area (Å²) in [5, 5.41) is 0. The van der Waals surface area contributed by atoms with E-state index in [0.29, 0.717) is 25.9 Å². The van der Waals surface area contributed by atoms with Gasteiger partial charge in [-0.25, -0.2) is 0 Å². The fraction of sp³-hybridized carbons (Fsp3) is 0.429. The third-order valence-electron chi connectivity index (χ3n) is 3.52. The standard InChI is InChI=1S/C14H19N3O2/c15-9-11-5-3-10(4-6-11)8-13(18)17-7-1-2-12(17)14(16)19/h3-6,12H,1-2,7-9,15H2,(H2,16,19). The number of rotatable bonds is 4. The Bertz CT molecular complexity index is 470. The first-order valence-electron chi connectivity index (χ1n) is 6.48. The molecule has 1 heterocycles.